The fourth-order valence-electron chi connectivity index (χ4n) is 1.11. The second-order valence-electron chi connectivity index (χ2n) is 2.57. The smallest absolute Gasteiger partial charge is 0.163 e. The average Bonchev–Trinajstić information content (AvgIpc) is 2.12. The van der Waals surface area contributed by atoms with Gasteiger partial charge in [-0.15, -0.1) is 0 Å². The summed E-state index contributed by atoms with van der Waals surface area (Å²) in [5.74, 6) is -0.375. The lowest BCUT2D eigenvalue weighted by Crippen LogP contribution is -1.85. The third-order valence-electron chi connectivity index (χ3n) is 1.72. The second kappa shape index (κ2) is 3.24. The number of halogens is 3. The molecule has 0 saturated carbocycles. The Bertz CT molecular complexity index is 467. The van der Waals surface area contributed by atoms with E-state index in [1.54, 1.807) is 24.3 Å². The standard InChI is InChI=1S/C9H4BrClFN/c10-6-3-1-5-2-4-7(11)13-9(5)8(6)12/h1-4H. The Hall–Kier alpha value is -0.670. The highest BCUT2D eigenvalue weighted by molar-refractivity contribution is 9.10. The van der Waals surface area contributed by atoms with E-state index in [0.717, 1.165) is 5.39 Å². The summed E-state index contributed by atoms with van der Waals surface area (Å²) in [5.41, 5.74) is 0.293. The van der Waals surface area contributed by atoms with Crippen molar-refractivity contribution in [1.29, 1.82) is 0 Å². The quantitative estimate of drug-likeness (QED) is 0.657. The van der Waals surface area contributed by atoms with E-state index in [2.05, 4.69) is 20.9 Å². The summed E-state index contributed by atoms with van der Waals surface area (Å²) in [4.78, 5) is 3.90. The molecule has 0 atom stereocenters. The van der Waals surface area contributed by atoms with Gasteiger partial charge in [-0.05, 0) is 34.1 Å². The van der Waals surface area contributed by atoms with E-state index in [1.807, 2.05) is 0 Å². The first-order valence-electron chi connectivity index (χ1n) is 3.59. The second-order valence-corrected chi connectivity index (χ2v) is 3.81. The van der Waals surface area contributed by atoms with Gasteiger partial charge in [-0.3, -0.25) is 0 Å². The maximum atomic E-state index is 13.4. The van der Waals surface area contributed by atoms with Crippen LogP contribution in [0.4, 0.5) is 4.39 Å². The van der Waals surface area contributed by atoms with Gasteiger partial charge in [0.2, 0.25) is 0 Å². The molecule has 0 radical (unpaired) electrons. The number of aromatic nitrogens is 1. The molecule has 1 aromatic carbocycles. The molecule has 0 aliphatic heterocycles. The van der Waals surface area contributed by atoms with Crippen molar-refractivity contribution in [3.8, 4) is 0 Å². The first-order chi connectivity index (χ1) is 6.18. The number of pyridine rings is 1. The van der Waals surface area contributed by atoms with Gasteiger partial charge in [0, 0.05) is 5.39 Å². The van der Waals surface area contributed by atoms with E-state index in [9.17, 15) is 4.39 Å². The molecule has 0 amide bonds. The first-order valence-corrected chi connectivity index (χ1v) is 4.76. The van der Waals surface area contributed by atoms with E-state index in [4.69, 9.17) is 11.6 Å². The molecule has 2 aromatic rings. The van der Waals surface area contributed by atoms with Gasteiger partial charge in [0.05, 0.1) is 4.47 Å². The van der Waals surface area contributed by atoms with E-state index in [-0.39, 0.29) is 5.82 Å². The SMILES string of the molecule is Fc1c(Br)ccc2ccc(Cl)nc12. The number of fused-ring (bicyclic) bond motifs is 1. The minimum atomic E-state index is -0.375. The molecule has 0 saturated heterocycles. The highest BCUT2D eigenvalue weighted by Crippen LogP contribution is 2.24. The zero-order valence-electron chi connectivity index (χ0n) is 6.39. The molecule has 0 unspecified atom stereocenters. The molecule has 1 aromatic heterocycles. The van der Waals surface area contributed by atoms with Gasteiger partial charge in [-0.25, -0.2) is 9.37 Å². The number of hydrogen-bond acceptors (Lipinski definition) is 1. The van der Waals surface area contributed by atoms with Gasteiger partial charge in [0.15, 0.2) is 5.82 Å². The van der Waals surface area contributed by atoms with E-state index < -0.39 is 0 Å². The van der Waals surface area contributed by atoms with Crippen LogP contribution in [0, 0.1) is 5.82 Å². The molecule has 0 N–H and O–H groups in total. The molecule has 0 aliphatic carbocycles. The summed E-state index contributed by atoms with van der Waals surface area (Å²) < 4.78 is 13.8. The fraction of sp³-hybridized carbons (Fsp3) is 0. The van der Waals surface area contributed by atoms with Crippen LogP contribution in [0.1, 0.15) is 0 Å². The van der Waals surface area contributed by atoms with Crippen molar-refractivity contribution in [2.45, 2.75) is 0 Å². The van der Waals surface area contributed by atoms with Gasteiger partial charge in [-0.1, -0.05) is 17.7 Å². The molecule has 0 aliphatic rings. The van der Waals surface area contributed by atoms with Crippen molar-refractivity contribution in [3.63, 3.8) is 0 Å². The van der Waals surface area contributed by atoms with Gasteiger partial charge < -0.3 is 0 Å². The number of hydrogen-bond donors (Lipinski definition) is 0. The lowest BCUT2D eigenvalue weighted by atomic mass is 10.2. The summed E-state index contributed by atoms with van der Waals surface area (Å²) in [7, 11) is 0. The maximum absolute atomic E-state index is 13.4. The van der Waals surface area contributed by atoms with Crippen molar-refractivity contribution < 1.29 is 4.39 Å². The minimum absolute atomic E-state index is 0.293. The van der Waals surface area contributed by atoms with Gasteiger partial charge in [0.25, 0.3) is 0 Å². The molecular weight excluding hydrogens is 256 g/mol. The average molecular weight is 260 g/mol. The van der Waals surface area contributed by atoms with Crippen LogP contribution >= 0.6 is 27.5 Å². The first kappa shape index (κ1) is 8.91. The zero-order valence-corrected chi connectivity index (χ0v) is 8.73. The molecule has 0 fully saturated rings. The molecule has 66 valence electrons. The Labute approximate surface area is 87.7 Å². The molecule has 4 heteroatoms. The third-order valence-corrected chi connectivity index (χ3v) is 2.54. The molecule has 0 spiro atoms. The lowest BCUT2D eigenvalue weighted by molar-refractivity contribution is 0.630. The van der Waals surface area contributed by atoms with Crippen molar-refractivity contribution >= 4 is 38.4 Å². The molecule has 0 bridgehead atoms. The van der Waals surface area contributed by atoms with Crippen LogP contribution in [-0.4, -0.2) is 4.98 Å². The normalized spacial score (nSPS) is 10.7. The Kier molecular flexibility index (Phi) is 2.22. The van der Waals surface area contributed by atoms with Crippen LogP contribution in [0.25, 0.3) is 10.9 Å². The van der Waals surface area contributed by atoms with E-state index >= 15 is 0 Å². The molecule has 13 heavy (non-hydrogen) atoms. The van der Waals surface area contributed by atoms with E-state index in [1.165, 1.54) is 0 Å². The number of rotatable bonds is 0. The Morgan fingerprint density at radius 2 is 1.92 bits per heavy atom. The summed E-state index contributed by atoms with van der Waals surface area (Å²) in [6, 6.07) is 6.80. The van der Waals surface area contributed by atoms with Crippen molar-refractivity contribution in [1.82, 2.24) is 4.98 Å². The summed E-state index contributed by atoms with van der Waals surface area (Å²) in [6.07, 6.45) is 0. The predicted molar refractivity (Wildman–Crippen MR) is 54.4 cm³/mol. The Balaban J connectivity index is 2.89. The van der Waals surface area contributed by atoms with Crippen LogP contribution < -0.4 is 0 Å². The number of nitrogens with zero attached hydrogens (tertiary/aromatic N) is 1. The summed E-state index contributed by atoms with van der Waals surface area (Å²) >= 11 is 8.73. The topological polar surface area (TPSA) is 12.9 Å². The summed E-state index contributed by atoms with van der Waals surface area (Å²) in [6.45, 7) is 0. The van der Waals surface area contributed by atoms with Crippen LogP contribution in [0.2, 0.25) is 5.15 Å². The molecule has 1 heterocycles. The van der Waals surface area contributed by atoms with Crippen molar-refractivity contribution in [2.24, 2.45) is 0 Å². The van der Waals surface area contributed by atoms with Crippen molar-refractivity contribution in [2.75, 3.05) is 0 Å². The largest absolute Gasteiger partial charge is 0.233 e. The minimum Gasteiger partial charge on any atom is -0.233 e. The summed E-state index contributed by atoms with van der Waals surface area (Å²) in [5, 5.41) is 1.04. The number of benzene rings is 1. The van der Waals surface area contributed by atoms with Gasteiger partial charge >= 0.3 is 0 Å². The Morgan fingerprint density at radius 1 is 1.23 bits per heavy atom. The Morgan fingerprint density at radius 3 is 2.69 bits per heavy atom. The molecule has 1 nitrogen and oxygen atoms in total. The predicted octanol–water partition coefficient (Wildman–Crippen LogP) is 3.79. The van der Waals surface area contributed by atoms with Crippen LogP contribution in [0.5, 0.6) is 0 Å². The van der Waals surface area contributed by atoms with Gasteiger partial charge in [-0.2, -0.15) is 0 Å². The highest BCUT2D eigenvalue weighted by atomic mass is 79.9. The lowest BCUT2D eigenvalue weighted by Gasteiger charge is -2.00. The molecular formula is C9H4BrClFN. The van der Waals surface area contributed by atoms with E-state index in [0.29, 0.717) is 15.1 Å². The van der Waals surface area contributed by atoms with Crippen LogP contribution in [-0.2, 0) is 0 Å². The third kappa shape index (κ3) is 1.54. The van der Waals surface area contributed by atoms with Crippen LogP contribution in [0.3, 0.4) is 0 Å². The highest BCUT2D eigenvalue weighted by Gasteiger charge is 2.06. The zero-order chi connectivity index (χ0) is 9.42. The molecule has 2 rings (SSSR count). The maximum Gasteiger partial charge on any atom is 0.163 e. The van der Waals surface area contributed by atoms with Crippen LogP contribution in [0.15, 0.2) is 28.7 Å². The fourth-order valence-corrected chi connectivity index (χ4v) is 1.57. The van der Waals surface area contributed by atoms with Gasteiger partial charge in [0.1, 0.15) is 10.7 Å². The monoisotopic (exact) mass is 259 g/mol. The van der Waals surface area contributed by atoms with Crippen molar-refractivity contribution in [3.05, 3.63) is 39.7 Å².